The SMILES string of the molecule is COc1cccc(/C=C(/NC(=O)c2ccccc2)C(=O)Nc2cccc(SCC(=O)Nc3ccc(Oc4ccccc4)cc3)c2)c1OC. The van der Waals surface area contributed by atoms with Gasteiger partial charge >= 0.3 is 0 Å². The van der Waals surface area contributed by atoms with Crippen LogP contribution in [-0.2, 0) is 9.59 Å². The van der Waals surface area contributed by atoms with Gasteiger partial charge in [0, 0.05) is 27.4 Å². The van der Waals surface area contributed by atoms with E-state index < -0.39 is 11.8 Å². The van der Waals surface area contributed by atoms with Gasteiger partial charge in [0.25, 0.3) is 11.8 Å². The first kappa shape index (κ1) is 33.4. The van der Waals surface area contributed by atoms with Crippen LogP contribution in [0.25, 0.3) is 6.08 Å². The van der Waals surface area contributed by atoms with Gasteiger partial charge < -0.3 is 30.2 Å². The van der Waals surface area contributed by atoms with E-state index in [1.807, 2.05) is 36.4 Å². The molecule has 0 saturated heterocycles. The highest BCUT2D eigenvalue weighted by Crippen LogP contribution is 2.32. The Kier molecular flexibility index (Phi) is 11.5. The maximum atomic E-state index is 13.6. The number of hydrogen-bond acceptors (Lipinski definition) is 7. The normalized spacial score (nSPS) is 10.8. The van der Waals surface area contributed by atoms with Crippen LogP contribution in [0.3, 0.4) is 0 Å². The van der Waals surface area contributed by atoms with E-state index in [0.29, 0.717) is 39.8 Å². The molecular formula is C38H33N3O6S. The maximum absolute atomic E-state index is 13.6. The standard InChI is InChI=1S/C38H33N3O6S/c1-45-34-18-9-13-27(36(34)46-2)23-33(41-37(43)26-11-5-3-6-12-26)38(44)40-29-14-10-17-32(24-29)48-25-35(42)39-28-19-21-31(22-20-28)47-30-15-7-4-8-16-30/h3-24H,25H2,1-2H3,(H,39,42)(H,40,44)(H,41,43)/b33-23+. The van der Waals surface area contributed by atoms with Crippen LogP contribution in [0.4, 0.5) is 11.4 Å². The van der Waals surface area contributed by atoms with Gasteiger partial charge in [-0.05, 0) is 78.9 Å². The van der Waals surface area contributed by atoms with Crippen LogP contribution in [-0.4, -0.2) is 37.7 Å². The Balaban J connectivity index is 1.24. The molecule has 5 aromatic rings. The van der Waals surface area contributed by atoms with Crippen LogP contribution in [0.15, 0.2) is 138 Å². The molecule has 5 aromatic carbocycles. The summed E-state index contributed by atoms with van der Waals surface area (Å²) in [6, 6.07) is 37.5. The van der Waals surface area contributed by atoms with Crippen molar-refractivity contribution in [2.75, 3.05) is 30.6 Å². The van der Waals surface area contributed by atoms with Crippen LogP contribution in [0, 0.1) is 0 Å². The van der Waals surface area contributed by atoms with E-state index in [1.165, 1.54) is 32.1 Å². The summed E-state index contributed by atoms with van der Waals surface area (Å²) in [5, 5.41) is 8.47. The predicted molar refractivity (Wildman–Crippen MR) is 189 cm³/mol. The largest absolute Gasteiger partial charge is 0.493 e. The number of methoxy groups -OCH3 is 2. The van der Waals surface area contributed by atoms with Gasteiger partial charge in [-0.3, -0.25) is 14.4 Å². The summed E-state index contributed by atoms with van der Waals surface area (Å²) in [4.78, 5) is 40.1. The number of carbonyl (C=O) groups is 3. The van der Waals surface area contributed by atoms with Gasteiger partial charge in [-0.25, -0.2) is 0 Å². The first-order valence-corrected chi connectivity index (χ1v) is 15.9. The lowest BCUT2D eigenvalue weighted by atomic mass is 10.1. The Labute approximate surface area is 282 Å². The number of nitrogens with one attached hydrogen (secondary N) is 3. The van der Waals surface area contributed by atoms with E-state index in [2.05, 4.69) is 16.0 Å². The van der Waals surface area contributed by atoms with Crippen molar-refractivity contribution in [2.24, 2.45) is 0 Å². The fourth-order valence-electron chi connectivity index (χ4n) is 4.56. The molecule has 0 fully saturated rings. The number of benzene rings is 5. The number of hydrogen-bond donors (Lipinski definition) is 3. The lowest BCUT2D eigenvalue weighted by Crippen LogP contribution is -2.30. The Morgan fingerprint density at radius 2 is 1.38 bits per heavy atom. The molecule has 3 N–H and O–H groups in total. The third-order valence-corrected chi connectivity index (χ3v) is 7.83. The minimum atomic E-state index is -0.552. The summed E-state index contributed by atoms with van der Waals surface area (Å²) < 4.78 is 16.7. The lowest BCUT2D eigenvalue weighted by Gasteiger charge is -2.14. The fraction of sp³-hybridized carbons (Fsp3) is 0.0789. The number of carbonyl (C=O) groups excluding carboxylic acids is 3. The second kappa shape index (κ2) is 16.5. The molecule has 0 spiro atoms. The lowest BCUT2D eigenvalue weighted by molar-refractivity contribution is -0.114. The molecule has 0 aliphatic carbocycles. The molecule has 9 nitrogen and oxygen atoms in total. The number of amides is 3. The van der Waals surface area contributed by atoms with Gasteiger partial charge in [0.1, 0.15) is 17.2 Å². The van der Waals surface area contributed by atoms with Gasteiger partial charge in [-0.15, -0.1) is 11.8 Å². The molecule has 0 saturated carbocycles. The Morgan fingerprint density at radius 3 is 2.08 bits per heavy atom. The first-order valence-electron chi connectivity index (χ1n) is 14.9. The average molecular weight is 660 g/mol. The van der Waals surface area contributed by atoms with Crippen LogP contribution in [0.1, 0.15) is 15.9 Å². The number of thioether (sulfide) groups is 1. The van der Waals surface area contributed by atoms with Gasteiger partial charge in [-0.1, -0.05) is 54.6 Å². The molecule has 48 heavy (non-hydrogen) atoms. The molecule has 0 radical (unpaired) electrons. The summed E-state index contributed by atoms with van der Waals surface area (Å²) in [5.41, 5.74) is 2.04. The van der Waals surface area contributed by atoms with E-state index >= 15 is 0 Å². The van der Waals surface area contributed by atoms with Crippen LogP contribution in [0.2, 0.25) is 0 Å². The Bertz CT molecular complexity index is 1900. The molecule has 242 valence electrons. The smallest absolute Gasteiger partial charge is 0.272 e. The molecule has 0 atom stereocenters. The van der Waals surface area contributed by atoms with Gasteiger partial charge in [0.2, 0.25) is 5.91 Å². The van der Waals surface area contributed by atoms with Crippen LogP contribution < -0.4 is 30.2 Å². The van der Waals surface area contributed by atoms with Gasteiger partial charge in [0.05, 0.1) is 20.0 Å². The van der Waals surface area contributed by atoms with Crippen LogP contribution >= 0.6 is 11.8 Å². The average Bonchev–Trinajstić information content (AvgIpc) is 3.12. The van der Waals surface area contributed by atoms with Crippen molar-refractivity contribution in [3.8, 4) is 23.0 Å². The van der Waals surface area contributed by atoms with Crippen molar-refractivity contribution < 1.29 is 28.6 Å². The molecule has 3 amide bonds. The molecule has 0 aromatic heterocycles. The van der Waals surface area contributed by atoms with Crippen molar-refractivity contribution in [1.29, 1.82) is 0 Å². The van der Waals surface area contributed by atoms with Crippen LogP contribution in [0.5, 0.6) is 23.0 Å². The zero-order valence-corrected chi connectivity index (χ0v) is 27.1. The molecule has 0 aliphatic rings. The number of anilines is 2. The number of rotatable bonds is 13. The fourth-order valence-corrected chi connectivity index (χ4v) is 5.32. The van der Waals surface area contributed by atoms with Crippen molar-refractivity contribution in [3.63, 3.8) is 0 Å². The number of ether oxygens (including phenoxy) is 3. The molecule has 0 aliphatic heterocycles. The van der Waals surface area contributed by atoms with E-state index in [0.717, 1.165) is 10.6 Å². The third kappa shape index (κ3) is 9.27. The minimum Gasteiger partial charge on any atom is -0.493 e. The topological polar surface area (TPSA) is 115 Å². The first-order chi connectivity index (χ1) is 23.4. The van der Waals surface area contributed by atoms with E-state index in [-0.39, 0.29) is 17.4 Å². The Hall–Kier alpha value is -6.00. The quantitative estimate of drug-likeness (QED) is 0.0879. The van der Waals surface area contributed by atoms with E-state index in [1.54, 1.807) is 91.0 Å². The van der Waals surface area contributed by atoms with Gasteiger partial charge in [0.15, 0.2) is 11.5 Å². The maximum Gasteiger partial charge on any atom is 0.272 e. The summed E-state index contributed by atoms with van der Waals surface area (Å²) in [5.74, 6) is 1.23. The monoisotopic (exact) mass is 659 g/mol. The molecule has 5 rings (SSSR count). The van der Waals surface area contributed by atoms with Crippen molar-refractivity contribution >= 4 is 46.9 Å². The zero-order valence-electron chi connectivity index (χ0n) is 26.3. The highest BCUT2D eigenvalue weighted by molar-refractivity contribution is 8.00. The molecule has 0 heterocycles. The van der Waals surface area contributed by atoms with Crippen molar-refractivity contribution in [1.82, 2.24) is 5.32 Å². The minimum absolute atomic E-state index is 0.00646. The highest BCUT2D eigenvalue weighted by Gasteiger charge is 2.18. The summed E-state index contributed by atoms with van der Waals surface area (Å²) in [6.45, 7) is 0. The zero-order chi connectivity index (χ0) is 33.7. The van der Waals surface area contributed by atoms with Crippen molar-refractivity contribution in [2.45, 2.75) is 4.90 Å². The van der Waals surface area contributed by atoms with E-state index in [9.17, 15) is 14.4 Å². The summed E-state index contributed by atoms with van der Waals surface area (Å²) in [6.07, 6.45) is 1.53. The summed E-state index contributed by atoms with van der Waals surface area (Å²) >= 11 is 1.32. The third-order valence-electron chi connectivity index (χ3n) is 6.84. The van der Waals surface area contributed by atoms with Gasteiger partial charge in [-0.2, -0.15) is 0 Å². The molecule has 0 bridgehead atoms. The highest BCUT2D eigenvalue weighted by atomic mass is 32.2. The molecule has 10 heteroatoms. The predicted octanol–water partition coefficient (Wildman–Crippen LogP) is 7.64. The second-order valence-electron chi connectivity index (χ2n) is 10.2. The summed E-state index contributed by atoms with van der Waals surface area (Å²) in [7, 11) is 3.02. The second-order valence-corrected chi connectivity index (χ2v) is 11.3. The van der Waals surface area contributed by atoms with E-state index in [4.69, 9.17) is 14.2 Å². The Morgan fingerprint density at radius 1 is 0.688 bits per heavy atom. The van der Waals surface area contributed by atoms with Crippen molar-refractivity contribution in [3.05, 3.63) is 144 Å². The molecular weight excluding hydrogens is 627 g/mol. The molecule has 0 unspecified atom stereocenters. The number of para-hydroxylation sites is 2.